The van der Waals surface area contributed by atoms with Crippen molar-refractivity contribution in [1.82, 2.24) is 0 Å². The molecule has 1 unspecified atom stereocenters. The van der Waals surface area contributed by atoms with Crippen molar-refractivity contribution >= 4 is 6.29 Å². The van der Waals surface area contributed by atoms with E-state index in [9.17, 15) is 4.79 Å². The number of hydrogen-bond acceptors (Lipinski definition) is 1. The lowest BCUT2D eigenvalue weighted by Gasteiger charge is -2.09. The Labute approximate surface area is 86.1 Å². The Kier molecular flexibility index (Phi) is 4.98. The molecule has 0 heterocycles. The fraction of sp³-hybridized carbons (Fsp3) is 0.462. The summed E-state index contributed by atoms with van der Waals surface area (Å²) in [5, 5.41) is 0. The van der Waals surface area contributed by atoms with Gasteiger partial charge in [0.15, 0.2) is 6.29 Å². The smallest absolute Gasteiger partial charge is 0.198 e. The topological polar surface area (TPSA) is 17.1 Å². The van der Waals surface area contributed by atoms with Gasteiger partial charge < -0.3 is 0 Å². The van der Waals surface area contributed by atoms with Gasteiger partial charge in [-0.1, -0.05) is 37.3 Å². The van der Waals surface area contributed by atoms with E-state index < -0.39 is 0 Å². The average Bonchev–Trinajstić information content (AvgIpc) is 2.20. The molecule has 0 saturated heterocycles. The monoisotopic (exact) mass is 189 g/mol. The third-order valence-corrected chi connectivity index (χ3v) is 2.40. The summed E-state index contributed by atoms with van der Waals surface area (Å²) in [4.78, 5) is 10.0. The second kappa shape index (κ2) is 6.36. The predicted molar refractivity (Wildman–Crippen MR) is 58.9 cm³/mol. The molecule has 1 heteroatoms. The van der Waals surface area contributed by atoms with Crippen LogP contribution in [0.15, 0.2) is 30.3 Å². The predicted octanol–water partition coefficient (Wildman–Crippen LogP) is 3.15. The van der Waals surface area contributed by atoms with Gasteiger partial charge in [0.05, 0.1) is 0 Å². The minimum atomic E-state index is 0.582. The normalized spacial score (nSPS) is 12.4. The van der Waals surface area contributed by atoms with Gasteiger partial charge >= 0.3 is 0 Å². The van der Waals surface area contributed by atoms with Crippen LogP contribution < -0.4 is 0 Å². The van der Waals surface area contributed by atoms with Gasteiger partial charge in [0.25, 0.3) is 0 Å². The van der Waals surface area contributed by atoms with Crippen molar-refractivity contribution in [3.05, 3.63) is 35.9 Å². The van der Waals surface area contributed by atoms with Gasteiger partial charge in [0, 0.05) is 6.42 Å². The van der Waals surface area contributed by atoms with Crippen LogP contribution in [-0.2, 0) is 11.2 Å². The number of rotatable bonds is 6. The molecule has 1 atom stereocenters. The SMILES string of the molecule is CC(CCC[C]=O)Cc1ccccc1. The molecule has 0 fully saturated rings. The summed E-state index contributed by atoms with van der Waals surface area (Å²) in [6, 6.07) is 10.5. The van der Waals surface area contributed by atoms with Gasteiger partial charge in [-0.05, 0) is 30.7 Å². The molecule has 1 rings (SSSR count). The quantitative estimate of drug-likeness (QED) is 0.628. The molecule has 1 aromatic rings. The van der Waals surface area contributed by atoms with Crippen molar-refractivity contribution in [1.29, 1.82) is 0 Å². The second-order valence-electron chi connectivity index (χ2n) is 3.83. The van der Waals surface area contributed by atoms with Gasteiger partial charge in [-0.2, -0.15) is 0 Å². The molecule has 1 nitrogen and oxygen atoms in total. The first-order valence-electron chi connectivity index (χ1n) is 5.22. The van der Waals surface area contributed by atoms with E-state index in [0.29, 0.717) is 12.3 Å². The molecule has 0 aliphatic heterocycles. The minimum Gasteiger partial charge on any atom is -0.291 e. The Bertz CT molecular complexity index is 253. The number of carbonyl (C=O) groups excluding carboxylic acids is 1. The molecular formula is C13H17O. The zero-order chi connectivity index (χ0) is 10.2. The summed E-state index contributed by atoms with van der Waals surface area (Å²) in [6.07, 6.45) is 5.72. The maximum Gasteiger partial charge on any atom is 0.198 e. The van der Waals surface area contributed by atoms with Crippen molar-refractivity contribution in [2.45, 2.75) is 32.6 Å². The molecule has 0 saturated carbocycles. The van der Waals surface area contributed by atoms with Crippen LogP contribution in [0.1, 0.15) is 31.7 Å². The molecule has 0 spiro atoms. The van der Waals surface area contributed by atoms with Crippen LogP contribution in [0.4, 0.5) is 0 Å². The molecule has 0 bridgehead atoms. The molecule has 0 amide bonds. The van der Waals surface area contributed by atoms with Crippen LogP contribution in [0.3, 0.4) is 0 Å². The molecular weight excluding hydrogens is 172 g/mol. The van der Waals surface area contributed by atoms with Crippen molar-refractivity contribution in [3.8, 4) is 0 Å². The van der Waals surface area contributed by atoms with E-state index in [4.69, 9.17) is 0 Å². The average molecular weight is 189 g/mol. The zero-order valence-electron chi connectivity index (χ0n) is 8.70. The Hall–Kier alpha value is -1.11. The Balaban J connectivity index is 2.26. The van der Waals surface area contributed by atoms with E-state index in [-0.39, 0.29) is 0 Å². The lowest BCUT2D eigenvalue weighted by molar-refractivity contribution is 0.501. The van der Waals surface area contributed by atoms with Crippen molar-refractivity contribution in [3.63, 3.8) is 0 Å². The maximum atomic E-state index is 10.0. The van der Waals surface area contributed by atoms with Gasteiger partial charge in [0.2, 0.25) is 0 Å². The van der Waals surface area contributed by atoms with Crippen LogP contribution in [-0.4, -0.2) is 6.29 Å². The van der Waals surface area contributed by atoms with Crippen LogP contribution in [0.25, 0.3) is 0 Å². The third-order valence-electron chi connectivity index (χ3n) is 2.40. The van der Waals surface area contributed by atoms with Crippen LogP contribution >= 0.6 is 0 Å². The summed E-state index contributed by atoms with van der Waals surface area (Å²) in [7, 11) is 0. The summed E-state index contributed by atoms with van der Waals surface area (Å²) >= 11 is 0. The zero-order valence-corrected chi connectivity index (χ0v) is 8.70. The number of unbranched alkanes of at least 4 members (excludes halogenated alkanes) is 1. The van der Waals surface area contributed by atoms with Gasteiger partial charge in [-0.25, -0.2) is 0 Å². The Morgan fingerprint density at radius 2 is 2.00 bits per heavy atom. The first-order valence-corrected chi connectivity index (χ1v) is 5.22. The lowest BCUT2D eigenvalue weighted by atomic mass is 9.96. The fourth-order valence-corrected chi connectivity index (χ4v) is 1.64. The van der Waals surface area contributed by atoms with Gasteiger partial charge in [-0.15, -0.1) is 0 Å². The largest absolute Gasteiger partial charge is 0.291 e. The standard InChI is InChI=1S/C13H17O/c1-12(7-5-6-10-14)11-13-8-3-2-4-9-13/h2-4,8-9,12H,5-7,11H2,1H3. The van der Waals surface area contributed by atoms with E-state index in [2.05, 4.69) is 31.2 Å². The highest BCUT2D eigenvalue weighted by molar-refractivity contribution is 5.50. The molecule has 1 aromatic carbocycles. The number of hydrogen-bond donors (Lipinski definition) is 0. The highest BCUT2D eigenvalue weighted by atomic mass is 16.1. The van der Waals surface area contributed by atoms with E-state index in [1.54, 1.807) is 0 Å². The second-order valence-corrected chi connectivity index (χ2v) is 3.83. The summed E-state index contributed by atoms with van der Waals surface area (Å²) in [5.41, 5.74) is 1.38. The molecule has 0 aliphatic rings. The first kappa shape index (κ1) is 11.0. The molecule has 0 aromatic heterocycles. The van der Waals surface area contributed by atoms with Crippen molar-refractivity contribution < 1.29 is 4.79 Å². The van der Waals surface area contributed by atoms with Crippen LogP contribution in [0, 0.1) is 5.92 Å². The summed E-state index contributed by atoms with van der Waals surface area (Å²) in [6.45, 7) is 2.23. The van der Waals surface area contributed by atoms with E-state index >= 15 is 0 Å². The Morgan fingerprint density at radius 3 is 2.64 bits per heavy atom. The van der Waals surface area contributed by atoms with E-state index in [0.717, 1.165) is 19.3 Å². The van der Waals surface area contributed by atoms with Gasteiger partial charge in [0.1, 0.15) is 0 Å². The van der Waals surface area contributed by atoms with Crippen LogP contribution in [0.5, 0.6) is 0 Å². The maximum absolute atomic E-state index is 10.0. The molecule has 1 radical (unpaired) electrons. The third kappa shape index (κ3) is 4.22. The van der Waals surface area contributed by atoms with E-state index in [1.165, 1.54) is 5.56 Å². The summed E-state index contributed by atoms with van der Waals surface area (Å²) < 4.78 is 0. The minimum absolute atomic E-state index is 0.582. The molecule has 75 valence electrons. The first-order chi connectivity index (χ1) is 6.83. The van der Waals surface area contributed by atoms with Crippen LogP contribution in [0.2, 0.25) is 0 Å². The number of benzene rings is 1. The fourth-order valence-electron chi connectivity index (χ4n) is 1.64. The van der Waals surface area contributed by atoms with E-state index in [1.807, 2.05) is 12.4 Å². The highest BCUT2D eigenvalue weighted by Gasteiger charge is 2.02. The van der Waals surface area contributed by atoms with Gasteiger partial charge in [-0.3, -0.25) is 4.79 Å². The van der Waals surface area contributed by atoms with Crippen molar-refractivity contribution in [2.24, 2.45) is 5.92 Å². The molecule has 14 heavy (non-hydrogen) atoms. The molecule has 0 aliphatic carbocycles. The molecule has 0 N–H and O–H groups in total. The van der Waals surface area contributed by atoms with Crippen molar-refractivity contribution in [2.75, 3.05) is 0 Å². The lowest BCUT2D eigenvalue weighted by Crippen LogP contribution is -1.99. The summed E-state index contributed by atoms with van der Waals surface area (Å²) in [5.74, 6) is 0.658. The Morgan fingerprint density at radius 1 is 1.29 bits per heavy atom. The highest BCUT2D eigenvalue weighted by Crippen LogP contribution is 2.13.